The lowest BCUT2D eigenvalue weighted by Gasteiger charge is -2.33. The van der Waals surface area contributed by atoms with Crippen molar-refractivity contribution in [2.75, 3.05) is 4.90 Å². The highest BCUT2D eigenvalue weighted by Crippen LogP contribution is 2.56. The molecule has 1 aliphatic carbocycles. The van der Waals surface area contributed by atoms with E-state index < -0.39 is 0 Å². The molecule has 0 N–H and O–H groups in total. The molecule has 48 heavy (non-hydrogen) atoms. The molecule has 8 aromatic rings. The van der Waals surface area contributed by atoms with Crippen LogP contribution >= 0.6 is 0 Å². The van der Waals surface area contributed by atoms with Crippen molar-refractivity contribution in [1.29, 1.82) is 0 Å². The van der Waals surface area contributed by atoms with Gasteiger partial charge in [-0.3, -0.25) is 0 Å². The number of nitrogens with zero attached hydrogens (tertiary/aromatic N) is 3. The summed E-state index contributed by atoms with van der Waals surface area (Å²) in [6, 6.07) is 53.4. The summed E-state index contributed by atoms with van der Waals surface area (Å²) in [5, 5.41) is 3.88. The third kappa shape index (κ3) is 3.88. The summed E-state index contributed by atoms with van der Waals surface area (Å²) in [5.41, 5.74) is 13.9. The zero-order valence-electron chi connectivity index (χ0n) is 26.5. The van der Waals surface area contributed by atoms with Crippen LogP contribution in [-0.2, 0) is 6.54 Å². The average molecular weight is 616 g/mol. The van der Waals surface area contributed by atoms with Gasteiger partial charge in [0.15, 0.2) is 0 Å². The van der Waals surface area contributed by atoms with Gasteiger partial charge in [0.25, 0.3) is 0 Å². The molecule has 1 aliphatic heterocycles. The highest BCUT2D eigenvalue weighted by molar-refractivity contribution is 6.09. The lowest BCUT2D eigenvalue weighted by molar-refractivity contribution is 0.608. The first-order valence-electron chi connectivity index (χ1n) is 16.8. The van der Waals surface area contributed by atoms with Gasteiger partial charge in [0, 0.05) is 51.2 Å². The summed E-state index contributed by atoms with van der Waals surface area (Å²) in [4.78, 5) is 2.67. The van der Waals surface area contributed by atoms with Crippen LogP contribution in [0.15, 0.2) is 158 Å². The molecular weight excluding hydrogens is 583 g/mol. The third-order valence-electron chi connectivity index (χ3n) is 10.5. The Labute approximate surface area is 279 Å². The van der Waals surface area contributed by atoms with E-state index in [1.165, 1.54) is 72.2 Å². The normalized spacial score (nSPS) is 16.4. The maximum atomic E-state index is 3.98. The molecule has 0 fully saturated rings. The van der Waals surface area contributed by atoms with E-state index in [4.69, 9.17) is 0 Å². The van der Waals surface area contributed by atoms with Crippen molar-refractivity contribution < 1.29 is 0 Å². The fourth-order valence-corrected chi connectivity index (χ4v) is 8.41. The summed E-state index contributed by atoms with van der Waals surface area (Å²) in [7, 11) is 0. The number of rotatable bonds is 5. The summed E-state index contributed by atoms with van der Waals surface area (Å²) in [6.45, 7) is 4.79. The molecule has 10 rings (SSSR count). The Morgan fingerprint density at radius 1 is 0.583 bits per heavy atom. The minimum atomic E-state index is 0.155. The Balaban J connectivity index is 1.20. The predicted octanol–water partition coefficient (Wildman–Crippen LogP) is 11.2. The first kappa shape index (κ1) is 27.1. The lowest BCUT2D eigenvalue weighted by Crippen LogP contribution is -2.28. The zero-order valence-corrected chi connectivity index (χ0v) is 26.5. The van der Waals surface area contributed by atoms with Crippen molar-refractivity contribution in [3.63, 3.8) is 0 Å². The van der Waals surface area contributed by atoms with Crippen molar-refractivity contribution >= 4 is 50.5 Å². The van der Waals surface area contributed by atoms with Gasteiger partial charge in [-0.2, -0.15) is 0 Å². The maximum absolute atomic E-state index is 3.98. The molecule has 6 aromatic carbocycles. The molecule has 0 amide bonds. The number of benzene rings is 6. The van der Waals surface area contributed by atoms with Crippen LogP contribution in [-0.4, -0.2) is 9.13 Å². The molecule has 3 heterocycles. The number of hydrogen-bond donors (Lipinski definition) is 0. The van der Waals surface area contributed by atoms with E-state index >= 15 is 0 Å². The van der Waals surface area contributed by atoms with E-state index in [-0.39, 0.29) is 12.0 Å². The largest absolute Gasteiger partial charge is 0.359 e. The minimum absolute atomic E-state index is 0.155. The number of fused-ring (bicyclic) bond motifs is 10. The second-order valence-corrected chi connectivity index (χ2v) is 13.0. The van der Waals surface area contributed by atoms with Crippen LogP contribution in [0.25, 0.3) is 56.2 Å². The molecule has 2 atom stereocenters. The Hall–Kier alpha value is -6.06. The first-order valence-corrected chi connectivity index (χ1v) is 16.8. The average Bonchev–Trinajstić information content (AvgIpc) is 3.78. The maximum Gasteiger partial charge on any atom is 0.0677 e. The van der Waals surface area contributed by atoms with E-state index in [1.54, 1.807) is 0 Å². The molecule has 3 heteroatoms. The van der Waals surface area contributed by atoms with Crippen LogP contribution in [0.4, 0.5) is 5.69 Å². The molecule has 2 aromatic heterocycles. The molecule has 0 bridgehead atoms. The van der Waals surface area contributed by atoms with Crippen molar-refractivity contribution in [3.8, 4) is 11.4 Å². The minimum Gasteiger partial charge on any atom is -0.359 e. The Kier molecular flexibility index (Phi) is 5.91. The number of anilines is 1. The third-order valence-corrected chi connectivity index (χ3v) is 10.5. The van der Waals surface area contributed by atoms with Gasteiger partial charge in [0.1, 0.15) is 0 Å². The van der Waals surface area contributed by atoms with Crippen LogP contribution in [0, 0.1) is 0 Å². The molecule has 2 aliphatic rings. The van der Waals surface area contributed by atoms with Crippen molar-refractivity contribution in [1.82, 2.24) is 9.13 Å². The van der Waals surface area contributed by atoms with E-state index in [0.717, 1.165) is 12.1 Å². The van der Waals surface area contributed by atoms with E-state index in [2.05, 4.69) is 178 Å². The molecule has 0 saturated heterocycles. The van der Waals surface area contributed by atoms with Crippen LogP contribution in [0.5, 0.6) is 0 Å². The van der Waals surface area contributed by atoms with Crippen molar-refractivity contribution in [2.45, 2.75) is 18.5 Å². The molecule has 0 radical (unpaired) electrons. The second-order valence-electron chi connectivity index (χ2n) is 13.0. The van der Waals surface area contributed by atoms with Gasteiger partial charge >= 0.3 is 0 Å². The molecular formula is C45H33N3. The van der Waals surface area contributed by atoms with Crippen molar-refractivity contribution in [2.24, 2.45) is 0 Å². The zero-order chi connectivity index (χ0) is 31.8. The molecule has 2 unspecified atom stereocenters. The summed E-state index contributed by atoms with van der Waals surface area (Å²) in [5.74, 6) is 0.238. The van der Waals surface area contributed by atoms with Crippen LogP contribution in [0.3, 0.4) is 0 Å². The van der Waals surface area contributed by atoms with Gasteiger partial charge in [-0.1, -0.05) is 122 Å². The van der Waals surface area contributed by atoms with Gasteiger partial charge in [-0.15, -0.1) is 0 Å². The molecule has 0 saturated carbocycles. The highest BCUT2D eigenvalue weighted by Gasteiger charge is 2.43. The topological polar surface area (TPSA) is 13.1 Å². The SMILES string of the molecule is C=Cc1ccc(CN2c3cc(-n4c5ccccc5c5ccccc54)ccc3C3C=Cc4c(c5ccccc5n4-c4ccccc4)C32)cc1. The lowest BCUT2D eigenvalue weighted by atomic mass is 9.84. The van der Waals surface area contributed by atoms with Gasteiger partial charge in [-0.05, 0) is 65.2 Å². The quantitative estimate of drug-likeness (QED) is 0.188. The molecule has 3 nitrogen and oxygen atoms in total. The Morgan fingerprint density at radius 3 is 1.90 bits per heavy atom. The predicted molar refractivity (Wildman–Crippen MR) is 201 cm³/mol. The smallest absolute Gasteiger partial charge is 0.0677 e. The number of aromatic nitrogens is 2. The van der Waals surface area contributed by atoms with Crippen LogP contribution < -0.4 is 4.90 Å². The van der Waals surface area contributed by atoms with Crippen LogP contribution in [0.1, 0.15) is 39.9 Å². The molecule has 228 valence electrons. The van der Waals surface area contributed by atoms with E-state index in [9.17, 15) is 0 Å². The fourth-order valence-electron chi connectivity index (χ4n) is 8.41. The Bertz CT molecular complexity index is 2510. The highest BCUT2D eigenvalue weighted by atomic mass is 15.2. The summed E-state index contributed by atoms with van der Waals surface area (Å²) in [6.07, 6.45) is 6.74. The summed E-state index contributed by atoms with van der Waals surface area (Å²) < 4.78 is 4.88. The molecule has 0 spiro atoms. The van der Waals surface area contributed by atoms with E-state index in [1.807, 2.05) is 6.08 Å². The van der Waals surface area contributed by atoms with E-state index in [0.29, 0.717) is 0 Å². The second kappa shape index (κ2) is 10.5. The van der Waals surface area contributed by atoms with Crippen molar-refractivity contribution in [3.05, 3.63) is 186 Å². The fraction of sp³-hybridized carbons (Fsp3) is 0.0667. The number of para-hydroxylation sites is 4. The van der Waals surface area contributed by atoms with Gasteiger partial charge in [0.05, 0.1) is 28.3 Å². The van der Waals surface area contributed by atoms with Gasteiger partial charge in [0.2, 0.25) is 0 Å². The first-order chi connectivity index (χ1) is 23.8. The number of hydrogen-bond acceptors (Lipinski definition) is 1. The van der Waals surface area contributed by atoms with Gasteiger partial charge in [-0.25, -0.2) is 0 Å². The monoisotopic (exact) mass is 615 g/mol. The summed E-state index contributed by atoms with van der Waals surface area (Å²) >= 11 is 0. The van der Waals surface area contributed by atoms with Crippen LogP contribution in [0.2, 0.25) is 0 Å². The van der Waals surface area contributed by atoms with Gasteiger partial charge < -0.3 is 14.0 Å². The Morgan fingerprint density at radius 2 is 1.21 bits per heavy atom. The standard InChI is InChI=1S/C45H33N3/c1-2-30-20-22-31(23-21-30)29-46-43-28-33(48-39-17-9-6-14-34(39)35-15-7-10-18-40(35)48)24-25-36(43)37-26-27-42-44(45(37)46)38-16-8-11-19-41(38)47(42)32-12-4-3-5-13-32/h2-28,37,45H,1,29H2.